The molecular weight excluding hydrogens is 394 g/mol. The molecule has 162 valence electrons. The minimum atomic E-state index is -0.211. The fourth-order valence-corrected chi connectivity index (χ4v) is 4.28. The van der Waals surface area contributed by atoms with Gasteiger partial charge in [0.25, 0.3) is 5.91 Å². The summed E-state index contributed by atoms with van der Waals surface area (Å²) in [6, 6.07) is 1.93. The lowest BCUT2D eigenvalue weighted by Gasteiger charge is -2.20. The van der Waals surface area contributed by atoms with E-state index >= 15 is 0 Å². The summed E-state index contributed by atoms with van der Waals surface area (Å²) in [4.78, 5) is 22.5. The maximum Gasteiger partial charge on any atom is 0.252 e. The van der Waals surface area contributed by atoms with E-state index in [-0.39, 0.29) is 17.4 Å². The first-order valence-electron chi connectivity index (χ1n) is 10.7. The molecule has 3 heterocycles. The van der Waals surface area contributed by atoms with Crippen LogP contribution in [0.5, 0.6) is 0 Å². The van der Waals surface area contributed by atoms with Gasteiger partial charge in [-0.05, 0) is 65.9 Å². The average molecular weight is 428 g/mol. The van der Waals surface area contributed by atoms with Gasteiger partial charge in [0.2, 0.25) is 0 Å². The van der Waals surface area contributed by atoms with Crippen LogP contribution in [0.4, 0.5) is 0 Å². The molecule has 0 radical (unpaired) electrons. The van der Waals surface area contributed by atoms with Crippen molar-refractivity contribution in [2.75, 3.05) is 6.54 Å². The molecule has 0 saturated carbocycles. The summed E-state index contributed by atoms with van der Waals surface area (Å²) in [7, 11) is 0. The van der Waals surface area contributed by atoms with Gasteiger partial charge in [0.05, 0.1) is 27.2 Å². The van der Waals surface area contributed by atoms with Gasteiger partial charge in [-0.25, -0.2) is 14.6 Å². The Labute approximate surface area is 183 Å². The molecule has 0 spiro atoms. The molecule has 6 nitrogen and oxygen atoms in total. The fraction of sp³-hybridized carbons (Fsp3) is 0.565. The van der Waals surface area contributed by atoms with Crippen molar-refractivity contribution in [1.82, 2.24) is 25.1 Å². The third-order valence-corrected chi connectivity index (χ3v) is 6.10. The summed E-state index contributed by atoms with van der Waals surface area (Å²) < 4.78 is 1.94. The van der Waals surface area contributed by atoms with Crippen LogP contribution in [-0.2, 0) is 12.0 Å². The van der Waals surface area contributed by atoms with Crippen molar-refractivity contribution in [3.63, 3.8) is 0 Å². The highest BCUT2D eigenvalue weighted by Gasteiger charge is 2.25. The Morgan fingerprint density at radius 1 is 1.20 bits per heavy atom. The zero-order chi connectivity index (χ0) is 22.1. The SMILES string of the molecule is Cc1csc(CCCCNC(=O)c2cc(C(C)C)nc3c2c(C)nn3C(C)(C)C)n1. The number of hydrogen-bond donors (Lipinski definition) is 1. The molecule has 1 N–H and O–H groups in total. The summed E-state index contributed by atoms with van der Waals surface area (Å²) >= 11 is 1.71. The highest BCUT2D eigenvalue weighted by atomic mass is 32.1. The smallest absolute Gasteiger partial charge is 0.252 e. The van der Waals surface area contributed by atoms with Crippen LogP contribution in [0.15, 0.2) is 11.4 Å². The molecule has 0 aliphatic heterocycles. The van der Waals surface area contributed by atoms with E-state index in [9.17, 15) is 4.79 Å². The van der Waals surface area contributed by atoms with Gasteiger partial charge in [-0.2, -0.15) is 5.10 Å². The van der Waals surface area contributed by atoms with Gasteiger partial charge >= 0.3 is 0 Å². The lowest BCUT2D eigenvalue weighted by atomic mass is 10.0. The zero-order valence-corrected chi connectivity index (χ0v) is 20.0. The van der Waals surface area contributed by atoms with E-state index in [0.29, 0.717) is 12.1 Å². The minimum Gasteiger partial charge on any atom is -0.352 e. The van der Waals surface area contributed by atoms with E-state index in [2.05, 4.69) is 50.3 Å². The van der Waals surface area contributed by atoms with Crippen LogP contribution in [0.1, 0.15) is 85.8 Å². The standard InChI is InChI=1S/C23H33N5OS/c1-14(2)18-12-17(20-16(4)27-28(21(20)26-18)23(5,6)7)22(29)24-11-9-8-10-19-25-15(3)13-30-19/h12-14H,8-11H2,1-7H3,(H,24,29). The van der Waals surface area contributed by atoms with Crippen molar-refractivity contribution >= 4 is 28.3 Å². The van der Waals surface area contributed by atoms with E-state index in [0.717, 1.165) is 47.4 Å². The maximum atomic E-state index is 13.1. The van der Waals surface area contributed by atoms with Crippen molar-refractivity contribution in [2.24, 2.45) is 0 Å². The number of amides is 1. The van der Waals surface area contributed by atoms with E-state index in [1.807, 2.05) is 24.6 Å². The normalized spacial score (nSPS) is 12.1. The van der Waals surface area contributed by atoms with E-state index in [1.165, 1.54) is 5.01 Å². The molecule has 0 aromatic carbocycles. The van der Waals surface area contributed by atoms with E-state index < -0.39 is 0 Å². The predicted octanol–water partition coefficient (Wildman–Crippen LogP) is 5.14. The van der Waals surface area contributed by atoms with E-state index in [4.69, 9.17) is 10.1 Å². The summed E-state index contributed by atoms with van der Waals surface area (Å²) in [5.41, 5.74) is 4.08. The van der Waals surface area contributed by atoms with E-state index in [1.54, 1.807) is 11.3 Å². The summed E-state index contributed by atoms with van der Waals surface area (Å²) in [6.45, 7) is 15.1. The number of carbonyl (C=O) groups excluding carboxylic acids is 1. The summed E-state index contributed by atoms with van der Waals surface area (Å²) in [6.07, 6.45) is 2.90. The second-order valence-corrected chi connectivity index (χ2v) is 10.2. The largest absolute Gasteiger partial charge is 0.352 e. The highest BCUT2D eigenvalue weighted by Crippen LogP contribution is 2.28. The molecule has 0 atom stereocenters. The van der Waals surface area contributed by atoms with Crippen molar-refractivity contribution in [3.8, 4) is 0 Å². The number of carbonyl (C=O) groups is 1. The van der Waals surface area contributed by atoms with Crippen LogP contribution in [0.25, 0.3) is 11.0 Å². The molecule has 0 aliphatic carbocycles. The van der Waals surface area contributed by atoms with Gasteiger partial charge < -0.3 is 5.32 Å². The molecule has 1 amide bonds. The lowest BCUT2D eigenvalue weighted by Crippen LogP contribution is -2.26. The lowest BCUT2D eigenvalue weighted by molar-refractivity contribution is 0.0954. The fourth-order valence-electron chi connectivity index (χ4n) is 3.47. The van der Waals surface area contributed by atoms with Crippen LogP contribution < -0.4 is 5.32 Å². The van der Waals surface area contributed by atoms with Crippen LogP contribution in [0.3, 0.4) is 0 Å². The number of pyridine rings is 1. The molecule has 3 rings (SSSR count). The Bertz CT molecular complexity index is 1040. The number of thiazole rings is 1. The summed E-state index contributed by atoms with van der Waals surface area (Å²) in [5, 5.41) is 11.9. The van der Waals surface area contributed by atoms with Crippen LogP contribution >= 0.6 is 11.3 Å². The van der Waals surface area contributed by atoms with Crippen molar-refractivity contribution in [2.45, 2.75) is 79.2 Å². The van der Waals surface area contributed by atoms with Crippen molar-refractivity contribution in [3.05, 3.63) is 39.1 Å². The first kappa shape index (κ1) is 22.4. The molecule has 0 unspecified atom stereocenters. The minimum absolute atomic E-state index is 0.0500. The second kappa shape index (κ2) is 8.84. The number of aryl methyl sites for hydroxylation is 3. The number of fused-ring (bicyclic) bond motifs is 1. The Morgan fingerprint density at radius 2 is 1.93 bits per heavy atom. The molecule has 3 aromatic heterocycles. The number of rotatable bonds is 7. The quantitative estimate of drug-likeness (QED) is 0.530. The van der Waals surface area contributed by atoms with Crippen LogP contribution in [0, 0.1) is 13.8 Å². The Hall–Kier alpha value is -2.28. The topological polar surface area (TPSA) is 72.7 Å². The Balaban J connectivity index is 1.78. The molecule has 30 heavy (non-hydrogen) atoms. The Kier molecular flexibility index (Phi) is 6.60. The molecule has 0 bridgehead atoms. The predicted molar refractivity (Wildman–Crippen MR) is 123 cm³/mol. The number of nitrogens with one attached hydrogen (secondary N) is 1. The molecule has 0 saturated heterocycles. The second-order valence-electron chi connectivity index (χ2n) is 9.21. The first-order chi connectivity index (χ1) is 14.1. The number of aromatic nitrogens is 4. The number of nitrogens with zero attached hydrogens (tertiary/aromatic N) is 4. The van der Waals surface area contributed by atoms with Gasteiger partial charge in [0, 0.05) is 23.3 Å². The number of hydrogen-bond acceptors (Lipinski definition) is 5. The van der Waals surface area contributed by atoms with Gasteiger partial charge in [0.1, 0.15) is 0 Å². The summed E-state index contributed by atoms with van der Waals surface area (Å²) in [5.74, 6) is 0.178. The van der Waals surface area contributed by atoms with Gasteiger partial charge in [-0.3, -0.25) is 4.79 Å². The molecular formula is C23H33N5OS. The molecule has 7 heteroatoms. The monoisotopic (exact) mass is 427 g/mol. The highest BCUT2D eigenvalue weighted by molar-refractivity contribution is 7.09. The molecule has 0 fully saturated rings. The van der Waals surface area contributed by atoms with Gasteiger partial charge in [0.15, 0.2) is 5.65 Å². The van der Waals surface area contributed by atoms with Gasteiger partial charge in [-0.15, -0.1) is 11.3 Å². The maximum absolute atomic E-state index is 13.1. The third-order valence-electron chi connectivity index (χ3n) is 5.07. The Morgan fingerprint density at radius 3 is 2.53 bits per heavy atom. The number of unbranched alkanes of at least 4 members (excludes halogenated alkanes) is 1. The van der Waals surface area contributed by atoms with Crippen LogP contribution in [0.2, 0.25) is 0 Å². The van der Waals surface area contributed by atoms with Crippen molar-refractivity contribution in [1.29, 1.82) is 0 Å². The molecule has 3 aromatic rings. The van der Waals surface area contributed by atoms with Crippen LogP contribution in [-0.4, -0.2) is 32.2 Å². The molecule has 0 aliphatic rings. The average Bonchev–Trinajstić information content (AvgIpc) is 3.23. The third kappa shape index (κ3) is 4.89. The van der Waals surface area contributed by atoms with Crippen molar-refractivity contribution < 1.29 is 4.79 Å². The van der Waals surface area contributed by atoms with Gasteiger partial charge in [-0.1, -0.05) is 13.8 Å². The zero-order valence-electron chi connectivity index (χ0n) is 19.2. The first-order valence-corrected chi connectivity index (χ1v) is 11.6.